The third-order valence-electron chi connectivity index (χ3n) is 7.16. The molecular weight excluding hydrogens is 276 g/mol. The summed E-state index contributed by atoms with van der Waals surface area (Å²) in [5, 5.41) is 20.9. The van der Waals surface area contributed by atoms with Gasteiger partial charge in [-0.15, -0.1) is 0 Å². The Kier molecular flexibility index (Phi) is 4.01. The standard InChI is InChI=1S/C19H30O3/c1-4-15-14-6-5-12-9-13(21)7-8-19(12,3)17(14)16(22)10-18(15,2)11-20/h5,11,13-17,21-22H,4,6-10H2,1-3H3/t13-,14?,15?,16?,17?,18+,19-/m0/s1. The van der Waals surface area contributed by atoms with Gasteiger partial charge in [0.1, 0.15) is 6.29 Å². The number of rotatable bonds is 2. The molecule has 0 aromatic rings. The van der Waals surface area contributed by atoms with Gasteiger partial charge in [-0.25, -0.2) is 0 Å². The first kappa shape index (κ1) is 16.2. The van der Waals surface area contributed by atoms with Gasteiger partial charge >= 0.3 is 0 Å². The Hall–Kier alpha value is -0.670. The molecule has 3 heteroatoms. The van der Waals surface area contributed by atoms with E-state index in [0.29, 0.717) is 18.3 Å². The van der Waals surface area contributed by atoms with E-state index in [1.165, 1.54) is 5.57 Å². The molecule has 3 aliphatic carbocycles. The van der Waals surface area contributed by atoms with Gasteiger partial charge < -0.3 is 15.0 Å². The number of hydrogen-bond donors (Lipinski definition) is 2. The van der Waals surface area contributed by atoms with E-state index < -0.39 is 11.5 Å². The summed E-state index contributed by atoms with van der Waals surface area (Å²) in [5.74, 6) is 0.964. The zero-order valence-electron chi connectivity index (χ0n) is 14.1. The van der Waals surface area contributed by atoms with Crippen LogP contribution in [0.25, 0.3) is 0 Å². The van der Waals surface area contributed by atoms with Crippen LogP contribution in [0.5, 0.6) is 0 Å². The van der Waals surface area contributed by atoms with E-state index in [0.717, 1.165) is 38.4 Å². The summed E-state index contributed by atoms with van der Waals surface area (Å²) in [6.45, 7) is 6.48. The predicted octanol–water partition coefficient (Wildman–Crippen LogP) is 3.10. The fourth-order valence-electron chi connectivity index (χ4n) is 6.06. The number of allylic oxidation sites excluding steroid dienone is 1. The lowest BCUT2D eigenvalue weighted by Crippen LogP contribution is -2.56. The highest BCUT2D eigenvalue weighted by atomic mass is 16.3. The molecule has 0 aliphatic heterocycles. The van der Waals surface area contributed by atoms with Gasteiger partial charge in [-0.3, -0.25) is 0 Å². The average molecular weight is 306 g/mol. The molecule has 0 aromatic carbocycles. The highest BCUT2D eigenvalue weighted by molar-refractivity contribution is 5.60. The molecule has 2 saturated carbocycles. The van der Waals surface area contributed by atoms with Crippen LogP contribution < -0.4 is 0 Å². The van der Waals surface area contributed by atoms with E-state index in [1.54, 1.807) is 0 Å². The molecule has 3 aliphatic rings. The van der Waals surface area contributed by atoms with E-state index in [9.17, 15) is 15.0 Å². The summed E-state index contributed by atoms with van der Waals surface area (Å²) < 4.78 is 0. The maximum absolute atomic E-state index is 11.7. The van der Waals surface area contributed by atoms with Gasteiger partial charge in [0, 0.05) is 5.41 Å². The first-order valence-corrected chi connectivity index (χ1v) is 8.87. The van der Waals surface area contributed by atoms with Crippen LogP contribution in [0.3, 0.4) is 0 Å². The Balaban J connectivity index is 2.00. The van der Waals surface area contributed by atoms with E-state index in [-0.39, 0.29) is 17.4 Å². The maximum atomic E-state index is 11.7. The summed E-state index contributed by atoms with van der Waals surface area (Å²) in [7, 11) is 0. The third kappa shape index (κ3) is 2.20. The number of carbonyl (C=O) groups excluding carboxylic acids is 1. The monoisotopic (exact) mass is 306 g/mol. The lowest BCUT2D eigenvalue weighted by Gasteiger charge is -2.59. The molecule has 3 nitrogen and oxygen atoms in total. The van der Waals surface area contributed by atoms with Gasteiger partial charge in [0.15, 0.2) is 0 Å². The van der Waals surface area contributed by atoms with Crippen molar-refractivity contribution in [2.75, 3.05) is 0 Å². The van der Waals surface area contributed by atoms with Gasteiger partial charge in [0.2, 0.25) is 0 Å². The van der Waals surface area contributed by atoms with E-state index in [2.05, 4.69) is 19.9 Å². The lowest BCUT2D eigenvalue weighted by atomic mass is 9.46. The van der Waals surface area contributed by atoms with Crippen molar-refractivity contribution in [1.29, 1.82) is 0 Å². The Morgan fingerprint density at radius 2 is 2.09 bits per heavy atom. The minimum Gasteiger partial charge on any atom is -0.393 e. The molecule has 0 spiro atoms. The van der Waals surface area contributed by atoms with E-state index in [4.69, 9.17) is 0 Å². The van der Waals surface area contributed by atoms with E-state index in [1.807, 2.05) is 6.92 Å². The summed E-state index contributed by atoms with van der Waals surface area (Å²) in [4.78, 5) is 11.7. The van der Waals surface area contributed by atoms with Crippen LogP contribution in [-0.2, 0) is 4.79 Å². The second-order valence-electron chi connectivity index (χ2n) is 8.38. The fraction of sp³-hybridized carbons (Fsp3) is 0.842. The van der Waals surface area contributed by atoms with Gasteiger partial charge in [-0.05, 0) is 55.3 Å². The summed E-state index contributed by atoms with van der Waals surface area (Å²) in [6.07, 6.45) is 7.83. The molecule has 4 unspecified atom stereocenters. The van der Waals surface area contributed by atoms with Crippen LogP contribution in [0.1, 0.15) is 59.3 Å². The number of hydrogen-bond acceptors (Lipinski definition) is 3. The molecule has 0 radical (unpaired) electrons. The number of aliphatic hydroxyl groups excluding tert-OH is 2. The molecule has 0 aromatic heterocycles. The minimum absolute atomic E-state index is 0.000796. The third-order valence-corrected chi connectivity index (χ3v) is 7.16. The van der Waals surface area contributed by atoms with Crippen LogP contribution in [0.2, 0.25) is 0 Å². The van der Waals surface area contributed by atoms with Crippen molar-refractivity contribution in [3.8, 4) is 0 Å². The van der Waals surface area contributed by atoms with Crippen LogP contribution in [0.15, 0.2) is 11.6 Å². The zero-order chi connectivity index (χ0) is 16.1. The highest BCUT2D eigenvalue weighted by Gasteiger charge is 2.57. The molecule has 22 heavy (non-hydrogen) atoms. The van der Waals surface area contributed by atoms with Crippen LogP contribution in [0, 0.1) is 28.6 Å². The Morgan fingerprint density at radius 1 is 1.36 bits per heavy atom. The van der Waals surface area contributed by atoms with E-state index >= 15 is 0 Å². The number of aliphatic hydroxyl groups is 2. The van der Waals surface area contributed by atoms with Crippen LogP contribution in [0.4, 0.5) is 0 Å². The summed E-state index contributed by atoms with van der Waals surface area (Å²) in [5.41, 5.74) is 0.945. The van der Waals surface area contributed by atoms with Crippen molar-refractivity contribution in [1.82, 2.24) is 0 Å². The van der Waals surface area contributed by atoms with Crippen molar-refractivity contribution in [2.45, 2.75) is 71.5 Å². The van der Waals surface area contributed by atoms with Crippen molar-refractivity contribution >= 4 is 6.29 Å². The molecule has 3 rings (SSSR count). The van der Waals surface area contributed by atoms with Gasteiger partial charge in [0.25, 0.3) is 0 Å². The number of carbonyl (C=O) groups is 1. The van der Waals surface area contributed by atoms with Gasteiger partial charge in [-0.2, -0.15) is 0 Å². The van der Waals surface area contributed by atoms with Crippen molar-refractivity contribution in [3.05, 3.63) is 11.6 Å². The van der Waals surface area contributed by atoms with Crippen LogP contribution in [-0.4, -0.2) is 28.7 Å². The molecule has 2 N–H and O–H groups in total. The van der Waals surface area contributed by atoms with Crippen molar-refractivity contribution in [2.24, 2.45) is 28.6 Å². The number of fused-ring (bicyclic) bond motifs is 3. The molecule has 0 bridgehead atoms. The Bertz CT molecular complexity index is 485. The normalized spacial score (nSPS) is 51.5. The molecule has 0 amide bonds. The number of aldehydes is 1. The van der Waals surface area contributed by atoms with Crippen molar-refractivity contribution < 1.29 is 15.0 Å². The maximum Gasteiger partial charge on any atom is 0.126 e. The second kappa shape index (κ2) is 5.45. The fourth-order valence-corrected chi connectivity index (χ4v) is 6.06. The average Bonchev–Trinajstić information content (AvgIpc) is 2.47. The zero-order valence-corrected chi connectivity index (χ0v) is 14.1. The molecule has 2 fully saturated rings. The SMILES string of the molecule is CCC1C2CC=C3C[C@@H](O)CC[C@]3(C)C2C(O)C[C@]1(C)C=O. The first-order chi connectivity index (χ1) is 10.4. The topological polar surface area (TPSA) is 57.5 Å². The summed E-state index contributed by atoms with van der Waals surface area (Å²) in [6, 6.07) is 0. The first-order valence-electron chi connectivity index (χ1n) is 8.87. The van der Waals surface area contributed by atoms with Gasteiger partial charge in [0.05, 0.1) is 12.2 Å². The molecule has 124 valence electrons. The Morgan fingerprint density at radius 3 is 2.73 bits per heavy atom. The lowest BCUT2D eigenvalue weighted by molar-refractivity contribution is -0.145. The quantitative estimate of drug-likeness (QED) is 0.609. The summed E-state index contributed by atoms with van der Waals surface area (Å²) >= 11 is 0. The smallest absolute Gasteiger partial charge is 0.126 e. The second-order valence-corrected chi connectivity index (χ2v) is 8.38. The molecule has 0 saturated heterocycles. The Labute approximate surface area is 133 Å². The molecular formula is C19H30O3. The molecule has 0 heterocycles. The molecule has 7 atom stereocenters. The van der Waals surface area contributed by atoms with Gasteiger partial charge in [-0.1, -0.05) is 38.8 Å². The highest BCUT2D eigenvalue weighted by Crippen LogP contribution is 2.61. The van der Waals surface area contributed by atoms with Crippen molar-refractivity contribution in [3.63, 3.8) is 0 Å². The predicted molar refractivity (Wildman–Crippen MR) is 86.2 cm³/mol. The van der Waals surface area contributed by atoms with Crippen LogP contribution >= 0.6 is 0 Å². The minimum atomic E-state index is -0.410. The largest absolute Gasteiger partial charge is 0.393 e.